The van der Waals surface area contributed by atoms with Crippen LogP contribution in [0.5, 0.6) is 0 Å². The summed E-state index contributed by atoms with van der Waals surface area (Å²) in [5.74, 6) is -6.61. The van der Waals surface area contributed by atoms with Crippen molar-refractivity contribution in [2.24, 2.45) is 0 Å². The van der Waals surface area contributed by atoms with Crippen molar-refractivity contribution >= 4 is 47.4 Å². The quantitative estimate of drug-likeness (QED) is 0.0334. The number of carboxylic acid groups (broad SMARTS) is 3. The Morgan fingerprint density at radius 2 is 0.896 bits per heavy atom. The van der Waals surface area contributed by atoms with E-state index >= 15 is 0 Å². The molecule has 0 heterocycles. The van der Waals surface area contributed by atoms with Gasteiger partial charge in [0, 0.05) is 32.5 Å². The van der Waals surface area contributed by atoms with E-state index in [-0.39, 0.29) is 57.9 Å². The number of carbonyl (C=O) groups excluding carboxylic acids is 5. The van der Waals surface area contributed by atoms with Gasteiger partial charge in [-0.2, -0.15) is 0 Å². The fourth-order valence-corrected chi connectivity index (χ4v) is 6.75. The summed E-state index contributed by atoms with van der Waals surface area (Å²) in [6.45, 7) is -1.67. The number of nitrogens with one attached hydrogen (secondary N) is 6. The largest absolute Gasteiger partial charge is 0.481 e. The van der Waals surface area contributed by atoms with Gasteiger partial charge in [-0.3, -0.25) is 43.3 Å². The summed E-state index contributed by atoms with van der Waals surface area (Å²) in [7, 11) is 1.41. The second kappa shape index (κ2) is 41.7. The Morgan fingerprint density at radius 3 is 1.39 bits per heavy atom. The van der Waals surface area contributed by atoms with Crippen LogP contribution in [0, 0.1) is 0 Å². The maximum Gasteiger partial charge on any atom is 0.317 e. The molecular weight excluding hydrogens is 883 g/mol. The van der Waals surface area contributed by atoms with Crippen LogP contribution in [0.15, 0.2) is 0 Å². The van der Waals surface area contributed by atoms with Crippen molar-refractivity contribution in [1.82, 2.24) is 36.8 Å². The summed E-state index contributed by atoms with van der Waals surface area (Å²) in [6, 6.07) is -5.45. The van der Waals surface area contributed by atoms with Gasteiger partial charge >= 0.3 is 17.9 Å². The van der Waals surface area contributed by atoms with Gasteiger partial charge in [-0.15, -0.1) is 0 Å². The molecule has 0 unspecified atom stereocenters. The molecule has 0 aromatic carbocycles. The van der Waals surface area contributed by atoms with Crippen LogP contribution in [0.25, 0.3) is 0 Å². The maximum absolute atomic E-state index is 13.3. The third kappa shape index (κ3) is 35.3. The molecule has 0 aromatic heterocycles. The first kappa shape index (κ1) is 62.5. The number of nitrogens with zero attached hydrogens (tertiary/aromatic N) is 1. The molecule has 0 aliphatic rings. The monoisotopic (exact) mass is 964 g/mol. The number of likely N-dealkylation sites (N-methyl/N-ethyl adjacent to an activating group) is 1. The van der Waals surface area contributed by atoms with Gasteiger partial charge in [0.1, 0.15) is 24.2 Å². The SMILES string of the molecule is CN[C@@H](CO)C(=O)N[C@@H](CCCCN(CC(=O)O)CC(=O)O)C(=O)N[C@@H](CO)C(=O)N[C@@H](CO)C(=O)NCCCOCCOCCNC(=O)CCCCCCCCCCCCCCCC(=O)O. The van der Waals surface area contributed by atoms with Crippen molar-refractivity contribution in [2.75, 3.05) is 86.0 Å². The number of aliphatic hydroxyl groups is 3. The van der Waals surface area contributed by atoms with Gasteiger partial charge in [0.25, 0.3) is 0 Å². The van der Waals surface area contributed by atoms with Gasteiger partial charge in [0.2, 0.25) is 29.5 Å². The molecule has 0 spiro atoms. The third-order valence-electron chi connectivity index (χ3n) is 10.5. The van der Waals surface area contributed by atoms with Crippen LogP contribution in [0.3, 0.4) is 0 Å². The molecule has 0 saturated heterocycles. The molecular formula is C44H81N7O16. The molecule has 12 N–H and O–H groups in total. The van der Waals surface area contributed by atoms with E-state index in [9.17, 15) is 53.7 Å². The van der Waals surface area contributed by atoms with Crippen LogP contribution in [0.2, 0.25) is 0 Å². The molecule has 388 valence electrons. The van der Waals surface area contributed by atoms with Crippen LogP contribution in [-0.2, 0) is 47.8 Å². The fraction of sp³-hybridized carbons (Fsp3) is 0.818. The Morgan fingerprint density at radius 1 is 0.448 bits per heavy atom. The van der Waals surface area contributed by atoms with E-state index in [1.807, 2.05) is 0 Å². The number of hydrogen-bond donors (Lipinski definition) is 12. The summed E-state index contributed by atoms with van der Waals surface area (Å²) in [4.78, 5) is 97.7. The zero-order chi connectivity index (χ0) is 50.1. The van der Waals surface area contributed by atoms with E-state index in [1.165, 1.54) is 56.9 Å². The standard InChI is InChI=1S/C44H81N7O16/c1-45-34(30-52)43(64)48-33(18-15-16-23-51(28-39(58)59)29-40(60)61)42(63)50-36(32-54)44(65)49-35(31-53)41(62)47-21-17-24-66-26-27-67-25-22-46-37(55)19-13-11-9-7-5-3-2-4-6-8-10-12-14-20-38(56)57/h33-36,45,52-54H,2-32H2,1H3,(H,46,55)(H,47,62)(H,48,64)(H,49,65)(H,50,63)(H,56,57)(H,58,59)(H,60,61)/t33-,34-,35-,36-/m0/s1. The number of aliphatic hydroxyl groups excluding tert-OH is 3. The van der Waals surface area contributed by atoms with Gasteiger partial charge in [-0.05, 0) is 52.1 Å². The maximum atomic E-state index is 13.3. The van der Waals surface area contributed by atoms with Crippen molar-refractivity contribution in [3.8, 4) is 0 Å². The van der Waals surface area contributed by atoms with Gasteiger partial charge in [0.15, 0.2) is 0 Å². The zero-order valence-electron chi connectivity index (χ0n) is 39.4. The summed E-state index contributed by atoms with van der Waals surface area (Å²) in [5.41, 5.74) is 0. The zero-order valence-corrected chi connectivity index (χ0v) is 39.4. The van der Waals surface area contributed by atoms with E-state index in [0.717, 1.165) is 38.5 Å². The van der Waals surface area contributed by atoms with Crippen LogP contribution < -0.4 is 31.9 Å². The lowest BCUT2D eigenvalue weighted by atomic mass is 10.0. The number of carbonyl (C=O) groups is 8. The van der Waals surface area contributed by atoms with Gasteiger partial charge in [0.05, 0.1) is 52.7 Å². The smallest absolute Gasteiger partial charge is 0.317 e. The Bertz CT molecular complexity index is 1390. The molecule has 4 atom stereocenters. The fourth-order valence-electron chi connectivity index (χ4n) is 6.75. The first-order valence-corrected chi connectivity index (χ1v) is 23.7. The Hall–Kier alpha value is -4.52. The Balaban J connectivity index is 4.37. The predicted molar refractivity (Wildman–Crippen MR) is 245 cm³/mol. The Kier molecular flexibility index (Phi) is 38.8. The highest BCUT2D eigenvalue weighted by molar-refractivity contribution is 5.95. The lowest BCUT2D eigenvalue weighted by molar-refractivity contribution is -0.142. The second-order valence-electron chi connectivity index (χ2n) is 16.3. The highest BCUT2D eigenvalue weighted by Crippen LogP contribution is 2.13. The number of ether oxygens (including phenoxy) is 2. The average molecular weight is 964 g/mol. The molecule has 0 bridgehead atoms. The summed E-state index contributed by atoms with van der Waals surface area (Å²) in [6.07, 6.45) is 15.8. The molecule has 0 fully saturated rings. The first-order chi connectivity index (χ1) is 32.2. The van der Waals surface area contributed by atoms with Crippen LogP contribution in [0.4, 0.5) is 0 Å². The summed E-state index contributed by atoms with van der Waals surface area (Å²) in [5, 5.41) is 71.0. The highest BCUT2D eigenvalue weighted by Gasteiger charge is 2.30. The molecule has 23 nitrogen and oxygen atoms in total. The number of carboxylic acids is 3. The molecule has 0 radical (unpaired) electrons. The molecule has 23 heteroatoms. The van der Waals surface area contributed by atoms with E-state index in [1.54, 1.807) is 0 Å². The van der Waals surface area contributed by atoms with Crippen LogP contribution >= 0.6 is 0 Å². The molecule has 0 rings (SSSR count). The minimum Gasteiger partial charge on any atom is -0.481 e. The van der Waals surface area contributed by atoms with Gasteiger partial charge in [-0.1, -0.05) is 70.6 Å². The van der Waals surface area contributed by atoms with Crippen molar-refractivity contribution in [3.63, 3.8) is 0 Å². The number of unbranched alkanes of at least 4 members (excludes halogenated alkanes) is 13. The molecule has 5 amide bonds. The second-order valence-corrected chi connectivity index (χ2v) is 16.3. The average Bonchev–Trinajstić information content (AvgIpc) is 3.28. The van der Waals surface area contributed by atoms with Gasteiger partial charge in [-0.25, -0.2) is 0 Å². The molecule has 0 aromatic rings. The molecule has 0 aliphatic heterocycles. The lowest BCUT2D eigenvalue weighted by Crippen LogP contribution is -2.59. The minimum absolute atomic E-state index is 0.00574. The number of amides is 5. The number of rotatable bonds is 46. The first-order valence-electron chi connectivity index (χ1n) is 23.7. The summed E-state index contributed by atoms with van der Waals surface area (Å²) >= 11 is 0. The van der Waals surface area contributed by atoms with Crippen molar-refractivity contribution in [3.05, 3.63) is 0 Å². The third-order valence-corrected chi connectivity index (χ3v) is 10.5. The van der Waals surface area contributed by atoms with E-state index < -0.39 is 98.6 Å². The Labute approximate surface area is 394 Å². The molecule has 0 aliphatic carbocycles. The summed E-state index contributed by atoms with van der Waals surface area (Å²) < 4.78 is 11.0. The number of hydrogen-bond acceptors (Lipinski definition) is 15. The van der Waals surface area contributed by atoms with Crippen LogP contribution in [-0.4, -0.2) is 193 Å². The molecule has 0 saturated carbocycles. The number of aliphatic carboxylic acids is 3. The van der Waals surface area contributed by atoms with Crippen molar-refractivity contribution in [2.45, 2.75) is 146 Å². The van der Waals surface area contributed by atoms with Crippen LogP contribution in [0.1, 0.15) is 122 Å². The highest BCUT2D eigenvalue weighted by atomic mass is 16.5. The van der Waals surface area contributed by atoms with Gasteiger partial charge < -0.3 is 72.0 Å². The lowest BCUT2D eigenvalue weighted by Gasteiger charge is -2.25. The minimum atomic E-state index is -1.61. The molecule has 67 heavy (non-hydrogen) atoms. The van der Waals surface area contributed by atoms with E-state index in [2.05, 4.69) is 31.9 Å². The predicted octanol–water partition coefficient (Wildman–Crippen LogP) is -0.761. The van der Waals surface area contributed by atoms with E-state index in [4.69, 9.17) is 24.8 Å². The normalized spacial score (nSPS) is 13.0. The van der Waals surface area contributed by atoms with Crippen molar-refractivity contribution in [1.29, 1.82) is 0 Å². The van der Waals surface area contributed by atoms with Crippen molar-refractivity contribution < 1.29 is 78.5 Å². The van der Waals surface area contributed by atoms with E-state index in [0.29, 0.717) is 32.6 Å². The topological polar surface area (TPSA) is 352 Å².